The predicted molar refractivity (Wildman–Crippen MR) is 99.9 cm³/mol. The lowest BCUT2D eigenvalue weighted by Gasteiger charge is -2.21. The second-order valence-corrected chi connectivity index (χ2v) is 6.19. The van der Waals surface area contributed by atoms with Crippen molar-refractivity contribution in [1.82, 2.24) is 5.01 Å². The topological polar surface area (TPSA) is 75.3 Å². The van der Waals surface area contributed by atoms with Gasteiger partial charge in [0.1, 0.15) is 11.5 Å². The highest BCUT2D eigenvalue weighted by atomic mass is 16.5. The van der Waals surface area contributed by atoms with Crippen molar-refractivity contribution in [3.05, 3.63) is 83.8 Å². The molecule has 6 heteroatoms. The molecule has 0 bridgehead atoms. The molecule has 1 aliphatic heterocycles. The summed E-state index contributed by atoms with van der Waals surface area (Å²) in [4.78, 5) is 12.9. The maximum absolute atomic E-state index is 12.9. The van der Waals surface area contributed by atoms with Gasteiger partial charge in [0.15, 0.2) is 5.76 Å². The zero-order valence-corrected chi connectivity index (χ0v) is 14.7. The first kappa shape index (κ1) is 16.9. The smallest absolute Gasteiger partial charge is 0.310 e. The molecule has 1 amide bonds. The summed E-state index contributed by atoms with van der Waals surface area (Å²) in [5.41, 5.74) is 2.14. The van der Waals surface area contributed by atoms with E-state index in [1.807, 2.05) is 30.3 Å². The maximum atomic E-state index is 12.9. The minimum Gasteiger partial charge on any atom is -0.507 e. The lowest BCUT2D eigenvalue weighted by molar-refractivity contribution is 0.0678. The summed E-state index contributed by atoms with van der Waals surface area (Å²) in [6.45, 7) is 0. The molecule has 1 aromatic heterocycles. The molecule has 136 valence electrons. The van der Waals surface area contributed by atoms with E-state index in [1.54, 1.807) is 37.4 Å². The van der Waals surface area contributed by atoms with Gasteiger partial charge in [0, 0.05) is 12.0 Å². The van der Waals surface area contributed by atoms with Gasteiger partial charge in [-0.1, -0.05) is 24.3 Å². The number of para-hydroxylation sites is 1. The van der Waals surface area contributed by atoms with E-state index in [2.05, 4.69) is 5.10 Å². The summed E-state index contributed by atoms with van der Waals surface area (Å²) in [5.74, 6) is 0.713. The second kappa shape index (κ2) is 6.99. The number of hydrogen-bond donors (Lipinski definition) is 1. The van der Waals surface area contributed by atoms with Gasteiger partial charge in [-0.2, -0.15) is 5.10 Å². The normalized spacial score (nSPS) is 16.3. The largest absolute Gasteiger partial charge is 0.507 e. The van der Waals surface area contributed by atoms with E-state index in [9.17, 15) is 9.90 Å². The molecule has 27 heavy (non-hydrogen) atoms. The molecule has 3 aromatic rings. The summed E-state index contributed by atoms with van der Waals surface area (Å²) >= 11 is 0. The molecule has 1 N–H and O–H groups in total. The predicted octanol–water partition coefficient (Wildman–Crippen LogP) is 3.99. The van der Waals surface area contributed by atoms with Crippen molar-refractivity contribution < 1.29 is 19.1 Å². The van der Waals surface area contributed by atoms with E-state index < -0.39 is 0 Å². The lowest BCUT2D eigenvalue weighted by Crippen LogP contribution is -2.26. The van der Waals surface area contributed by atoms with E-state index in [0.29, 0.717) is 23.4 Å². The van der Waals surface area contributed by atoms with Gasteiger partial charge in [-0.3, -0.25) is 4.79 Å². The molecule has 0 unspecified atom stereocenters. The zero-order valence-electron chi connectivity index (χ0n) is 14.7. The molecule has 6 nitrogen and oxygen atoms in total. The lowest BCUT2D eigenvalue weighted by atomic mass is 9.97. The Kier molecular flexibility index (Phi) is 4.38. The Morgan fingerprint density at radius 3 is 2.78 bits per heavy atom. The third-order valence-electron chi connectivity index (χ3n) is 4.54. The highest BCUT2D eigenvalue weighted by Gasteiger charge is 2.35. The number of phenolic OH excluding ortho intramolecular Hbond substituents is 1. The van der Waals surface area contributed by atoms with Crippen LogP contribution in [0.3, 0.4) is 0 Å². The van der Waals surface area contributed by atoms with Crippen molar-refractivity contribution in [3.63, 3.8) is 0 Å². The molecular weight excluding hydrogens is 344 g/mol. The summed E-state index contributed by atoms with van der Waals surface area (Å²) in [6.07, 6.45) is 1.93. The number of nitrogens with zero attached hydrogens (tertiary/aromatic N) is 2. The first-order valence-corrected chi connectivity index (χ1v) is 8.54. The van der Waals surface area contributed by atoms with E-state index in [4.69, 9.17) is 9.15 Å². The number of benzene rings is 2. The first-order chi connectivity index (χ1) is 13.2. The molecular formula is C21H18N2O4. The van der Waals surface area contributed by atoms with Crippen LogP contribution in [0.1, 0.15) is 34.1 Å². The number of hydrogen-bond acceptors (Lipinski definition) is 5. The van der Waals surface area contributed by atoms with Gasteiger partial charge in [-0.25, -0.2) is 5.01 Å². The summed E-state index contributed by atoms with van der Waals surface area (Å²) < 4.78 is 10.6. The minimum absolute atomic E-state index is 0.132. The highest BCUT2D eigenvalue weighted by Crippen LogP contribution is 2.36. The molecule has 0 aliphatic carbocycles. The van der Waals surface area contributed by atoms with Gasteiger partial charge in [0.25, 0.3) is 0 Å². The van der Waals surface area contributed by atoms with Crippen LogP contribution in [0.5, 0.6) is 11.5 Å². The van der Waals surface area contributed by atoms with Gasteiger partial charge < -0.3 is 14.3 Å². The summed E-state index contributed by atoms with van der Waals surface area (Å²) in [5, 5.41) is 16.1. The van der Waals surface area contributed by atoms with Crippen LogP contribution >= 0.6 is 0 Å². The van der Waals surface area contributed by atoms with E-state index in [1.165, 1.54) is 11.3 Å². The third kappa shape index (κ3) is 3.17. The number of methoxy groups -OCH3 is 1. The SMILES string of the molecule is COc1cccc([C@@H]2CC(c3ccccc3O)=NN2C(=O)c2ccco2)c1. The molecule has 0 saturated carbocycles. The molecule has 2 heterocycles. The minimum atomic E-state index is -0.335. The van der Waals surface area contributed by atoms with Crippen molar-refractivity contribution in [2.45, 2.75) is 12.5 Å². The van der Waals surface area contributed by atoms with Crippen LogP contribution < -0.4 is 4.74 Å². The van der Waals surface area contributed by atoms with Gasteiger partial charge in [0.05, 0.1) is 25.1 Å². The van der Waals surface area contributed by atoms with E-state index in [-0.39, 0.29) is 23.5 Å². The molecule has 0 spiro atoms. The fraction of sp³-hybridized carbons (Fsp3) is 0.143. The first-order valence-electron chi connectivity index (χ1n) is 8.54. The van der Waals surface area contributed by atoms with Gasteiger partial charge >= 0.3 is 5.91 Å². The summed E-state index contributed by atoms with van der Waals surface area (Å²) in [7, 11) is 1.60. The molecule has 1 aliphatic rings. The molecule has 1 atom stereocenters. The van der Waals surface area contributed by atoms with Crippen molar-refractivity contribution in [1.29, 1.82) is 0 Å². The molecule has 0 fully saturated rings. The van der Waals surface area contributed by atoms with Gasteiger partial charge in [0.2, 0.25) is 0 Å². The van der Waals surface area contributed by atoms with Crippen LogP contribution in [0.4, 0.5) is 0 Å². The fourth-order valence-electron chi connectivity index (χ4n) is 3.20. The van der Waals surface area contributed by atoms with E-state index in [0.717, 1.165) is 5.56 Å². The van der Waals surface area contributed by atoms with Crippen molar-refractivity contribution in [2.75, 3.05) is 7.11 Å². The Labute approximate surface area is 156 Å². The number of amides is 1. The summed E-state index contributed by atoms with van der Waals surface area (Å²) in [6, 6.07) is 17.5. The fourth-order valence-corrected chi connectivity index (χ4v) is 3.20. The Balaban J connectivity index is 1.75. The van der Waals surface area contributed by atoms with Crippen molar-refractivity contribution in [2.24, 2.45) is 5.10 Å². The van der Waals surface area contributed by atoms with Crippen molar-refractivity contribution in [3.8, 4) is 11.5 Å². The highest BCUT2D eigenvalue weighted by molar-refractivity contribution is 6.06. The Hall–Kier alpha value is -3.54. The van der Waals surface area contributed by atoms with E-state index >= 15 is 0 Å². The average molecular weight is 362 g/mol. The van der Waals surface area contributed by atoms with Crippen LogP contribution in [0.25, 0.3) is 0 Å². The van der Waals surface area contributed by atoms with Crippen LogP contribution in [-0.2, 0) is 0 Å². The van der Waals surface area contributed by atoms with Crippen molar-refractivity contribution >= 4 is 11.6 Å². The van der Waals surface area contributed by atoms with Crippen LogP contribution in [0.15, 0.2) is 76.4 Å². The number of rotatable bonds is 4. The molecule has 0 saturated heterocycles. The van der Waals surface area contributed by atoms with Crippen LogP contribution in [0.2, 0.25) is 0 Å². The Morgan fingerprint density at radius 2 is 2.04 bits per heavy atom. The number of furan rings is 1. The molecule has 0 radical (unpaired) electrons. The monoisotopic (exact) mass is 362 g/mol. The zero-order chi connectivity index (χ0) is 18.8. The number of carbonyl (C=O) groups excluding carboxylic acids is 1. The second-order valence-electron chi connectivity index (χ2n) is 6.19. The van der Waals surface area contributed by atoms with Crippen LogP contribution in [-0.4, -0.2) is 28.8 Å². The average Bonchev–Trinajstić information content (AvgIpc) is 3.38. The number of hydrazone groups is 1. The van der Waals surface area contributed by atoms with Gasteiger partial charge in [-0.15, -0.1) is 0 Å². The quantitative estimate of drug-likeness (QED) is 0.762. The van der Waals surface area contributed by atoms with Gasteiger partial charge in [-0.05, 0) is 42.0 Å². The number of ether oxygens (including phenoxy) is 1. The van der Waals surface area contributed by atoms with Crippen LogP contribution in [0, 0.1) is 0 Å². The Morgan fingerprint density at radius 1 is 1.19 bits per heavy atom. The number of aromatic hydroxyl groups is 1. The third-order valence-corrected chi connectivity index (χ3v) is 4.54. The Bertz CT molecular complexity index is 995. The standard InChI is InChI=1S/C21H18N2O4/c1-26-15-7-4-6-14(12-15)18-13-17(16-8-2-3-9-19(16)24)22-23(18)21(25)20-10-5-11-27-20/h2-12,18,24H,13H2,1H3/t18-/m0/s1. The molecule has 2 aromatic carbocycles. The number of phenols is 1. The maximum Gasteiger partial charge on any atom is 0.310 e. The molecule has 4 rings (SSSR count). The number of carbonyl (C=O) groups is 1.